The maximum Gasteiger partial charge on any atom is 0.251 e. The Hall–Kier alpha value is -1.88. The predicted octanol–water partition coefficient (Wildman–Crippen LogP) is 1.78. The molecule has 1 aromatic carbocycles. The summed E-state index contributed by atoms with van der Waals surface area (Å²) in [6, 6.07) is 6.74. The molecule has 0 aliphatic heterocycles. The van der Waals surface area contributed by atoms with E-state index in [1.54, 1.807) is 24.3 Å². The van der Waals surface area contributed by atoms with Gasteiger partial charge in [-0.05, 0) is 30.5 Å². The third-order valence-electron chi connectivity index (χ3n) is 2.94. The van der Waals surface area contributed by atoms with Crippen molar-refractivity contribution in [3.05, 3.63) is 29.8 Å². The van der Waals surface area contributed by atoms with E-state index in [1.807, 2.05) is 13.8 Å². The summed E-state index contributed by atoms with van der Waals surface area (Å²) in [7, 11) is 0. The Morgan fingerprint density at radius 3 is 2.60 bits per heavy atom. The number of hydrogen-bond donors (Lipinski definition) is 3. The third kappa shape index (κ3) is 5.40. The summed E-state index contributed by atoms with van der Waals surface area (Å²) in [4.78, 5) is 22.9. The lowest BCUT2D eigenvalue weighted by Crippen LogP contribution is -2.28. The van der Waals surface area contributed by atoms with Crippen LogP contribution in [0.3, 0.4) is 0 Å². The molecule has 0 fully saturated rings. The Bertz CT molecular complexity index is 472. The lowest BCUT2D eigenvalue weighted by atomic mass is 10.0. The maximum absolute atomic E-state index is 11.9. The molecule has 0 spiro atoms. The number of rotatable bonds is 6. The van der Waals surface area contributed by atoms with Gasteiger partial charge in [-0.2, -0.15) is 0 Å². The standard InChI is InChI=1S/C15H22N2O3/c1-10(2)14(19)7-8-16-15(20)12-5-4-6-13(9-12)17-11(3)18/h4-6,9-10,14,19H,7-8H2,1-3H3,(H,16,20)(H,17,18). The van der Waals surface area contributed by atoms with Crippen LogP contribution in [0.15, 0.2) is 24.3 Å². The number of nitrogens with one attached hydrogen (secondary N) is 2. The van der Waals surface area contributed by atoms with Gasteiger partial charge in [-0.1, -0.05) is 19.9 Å². The summed E-state index contributed by atoms with van der Waals surface area (Å²) in [5.74, 6) is -0.217. The van der Waals surface area contributed by atoms with Crippen molar-refractivity contribution >= 4 is 17.5 Å². The van der Waals surface area contributed by atoms with E-state index in [0.29, 0.717) is 24.2 Å². The van der Waals surface area contributed by atoms with Gasteiger partial charge in [0.15, 0.2) is 0 Å². The number of carbonyl (C=O) groups excluding carboxylic acids is 2. The molecule has 20 heavy (non-hydrogen) atoms. The number of anilines is 1. The summed E-state index contributed by atoms with van der Waals surface area (Å²) in [6.45, 7) is 5.70. The molecule has 0 radical (unpaired) electrons. The minimum Gasteiger partial charge on any atom is -0.393 e. The Morgan fingerprint density at radius 1 is 1.30 bits per heavy atom. The Kier molecular flexibility index (Phi) is 6.18. The second kappa shape index (κ2) is 7.65. The fourth-order valence-electron chi connectivity index (χ4n) is 1.71. The quantitative estimate of drug-likeness (QED) is 0.742. The van der Waals surface area contributed by atoms with Crippen molar-refractivity contribution in [1.29, 1.82) is 0 Å². The molecule has 0 heterocycles. The van der Waals surface area contributed by atoms with E-state index >= 15 is 0 Å². The van der Waals surface area contributed by atoms with Gasteiger partial charge in [0.1, 0.15) is 0 Å². The Labute approximate surface area is 119 Å². The molecule has 0 bridgehead atoms. The zero-order valence-corrected chi connectivity index (χ0v) is 12.1. The maximum atomic E-state index is 11.9. The van der Waals surface area contributed by atoms with Crippen LogP contribution in [0.1, 0.15) is 37.6 Å². The van der Waals surface area contributed by atoms with Crippen molar-refractivity contribution in [1.82, 2.24) is 5.32 Å². The van der Waals surface area contributed by atoms with Crippen LogP contribution in [-0.4, -0.2) is 29.6 Å². The van der Waals surface area contributed by atoms with Gasteiger partial charge in [0.2, 0.25) is 5.91 Å². The summed E-state index contributed by atoms with van der Waals surface area (Å²) < 4.78 is 0. The van der Waals surface area contributed by atoms with Gasteiger partial charge in [0.25, 0.3) is 5.91 Å². The largest absolute Gasteiger partial charge is 0.393 e. The number of aliphatic hydroxyl groups is 1. The van der Waals surface area contributed by atoms with Crippen LogP contribution >= 0.6 is 0 Å². The monoisotopic (exact) mass is 278 g/mol. The molecule has 0 aliphatic carbocycles. The zero-order chi connectivity index (χ0) is 15.1. The zero-order valence-electron chi connectivity index (χ0n) is 12.1. The number of benzene rings is 1. The number of carbonyl (C=O) groups is 2. The topological polar surface area (TPSA) is 78.4 Å². The van der Waals surface area contributed by atoms with Gasteiger partial charge in [-0.25, -0.2) is 0 Å². The van der Waals surface area contributed by atoms with E-state index in [1.165, 1.54) is 6.92 Å². The average molecular weight is 278 g/mol. The lowest BCUT2D eigenvalue weighted by molar-refractivity contribution is -0.114. The molecular weight excluding hydrogens is 256 g/mol. The first-order valence-electron chi connectivity index (χ1n) is 6.74. The van der Waals surface area contributed by atoms with Crippen molar-refractivity contribution in [3.63, 3.8) is 0 Å². The minimum atomic E-state index is -0.416. The van der Waals surface area contributed by atoms with Crippen LogP contribution in [0, 0.1) is 5.92 Å². The molecule has 1 unspecified atom stereocenters. The predicted molar refractivity (Wildman–Crippen MR) is 78.5 cm³/mol. The van der Waals surface area contributed by atoms with Crippen molar-refractivity contribution in [3.8, 4) is 0 Å². The second-order valence-corrected chi connectivity index (χ2v) is 5.12. The van der Waals surface area contributed by atoms with Crippen molar-refractivity contribution < 1.29 is 14.7 Å². The van der Waals surface area contributed by atoms with Crippen LogP contribution in [0.4, 0.5) is 5.69 Å². The van der Waals surface area contributed by atoms with Gasteiger partial charge in [-0.3, -0.25) is 9.59 Å². The average Bonchev–Trinajstić information content (AvgIpc) is 2.37. The molecular formula is C15H22N2O3. The van der Waals surface area contributed by atoms with E-state index in [0.717, 1.165) is 0 Å². The van der Waals surface area contributed by atoms with Gasteiger partial charge < -0.3 is 15.7 Å². The third-order valence-corrected chi connectivity index (χ3v) is 2.94. The van der Waals surface area contributed by atoms with Crippen molar-refractivity contribution in [2.45, 2.75) is 33.3 Å². The van der Waals surface area contributed by atoms with Gasteiger partial charge in [-0.15, -0.1) is 0 Å². The van der Waals surface area contributed by atoms with Crippen LogP contribution < -0.4 is 10.6 Å². The molecule has 1 atom stereocenters. The molecule has 0 saturated carbocycles. The molecule has 5 nitrogen and oxygen atoms in total. The number of hydrogen-bond acceptors (Lipinski definition) is 3. The molecule has 2 amide bonds. The fraction of sp³-hybridized carbons (Fsp3) is 0.467. The molecule has 1 aromatic rings. The molecule has 5 heteroatoms. The first kappa shape index (κ1) is 16.2. The van der Waals surface area contributed by atoms with Crippen LogP contribution in [-0.2, 0) is 4.79 Å². The van der Waals surface area contributed by atoms with Crippen LogP contribution in [0.2, 0.25) is 0 Å². The number of amides is 2. The van der Waals surface area contributed by atoms with Crippen LogP contribution in [0.25, 0.3) is 0 Å². The highest BCUT2D eigenvalue weighted by Crippen LogP contribution is 2.11. The first-order valence-corrected chi connectivity index (χ1v) is 6.74. The summed E-state index contributed by atoms with van der Waals surface area (Å²) >= 11 is 0. The molecule has 0 aromatic heterocycles. The second-order valence-electron chi connectivity index (χ2n) is 5.12. The van der Waals surface area contributed by atoms with E-state index in [-0.39, 0.29) is 17.7 Å². The Balaban J connectivity index is 2.53. The highest BCUT2D eigenvalue weighted by Gasteiger charge is 2.10. The molecule has 110 valence electrons. The number of aliphatic hydroxyl groups excluding tert-OH is 1. The van der Waals surface area contributed by atoms with Gasteiger partial charge in [0.05, 0.1) is 6.10 Å². The molecule has 0 aliphatic rings. The normalized spacial score (nSPS) is 12.1. The molecule has 3 N–H and O–H groups in total. The van der Waals surface area contributed by atoms with Crippen molar-refractivity contribution in [2.24, 2.45) is 5.92 Å². The lowest BCUT2D eigenvalue weighted by Gasteiger charge is -2.14. The highest BCUT2D eigenvalue weighted by atomic mass is 16.3. The van der Waals surface area contributed by atoms with Gasteiger partial charge >= 0.3 is 0 Å². The molecule has 0 saturated heterocycles. The Morgan fingerprint density at radius 2 is 2.00 bits per heavy atom. The smallest absolute Gasteiger partial charge is 0.251 e. The van der Waals surface area contributed by atoms with Crippen LogP contribution in [0.5, 0.6) is 0 Å². The van der Waals surface area contributed by atoms with E-state index in [9.17, 15) is 14.7 Å². The minimum absolute atomic E-state index is 0.176. The SMILES string of the molecule is CC(=O)Nc1cccc(C(=O)NCCC(O)C(C)C)c1. The van der Waals surface area contributed by atoms with Crippen molar-refractivity contribution in [2.75, 3.05) is 11.9 Å². The molecule has 1 rings (SSSR count). The van der Waals surface area contributed by atoms with E-state index in [4.69, 9.17) is 0 Å². The van der Waals surface area contributed by atoms with Gasteiger partial charge in [0, 0.05) is 24.7 Å². The summed E-state index contributed by atoms with van der Waals surface area (Å²) in [6.07, 6.45) is 0.107. The highest BCUT2D eigenvalue weighted by molar-refractivity contribution is 5.96. The fourth-order valence-corrected chi connectivity index (χ4v) is 1.71. The summed E-state index contributed by atoms with van der Waals surface area (Å²) in [5.41, 5.74) is 1.07. The van der Waals surface area contributed by atoms with E-state index in [2.05, 4.69) is 10.6 Å². The first-order chi connectivity index (χ1) is 9.40. The van der Waals surface area contributed by atoms with E-state index < -0.39 is 6.10 Å². The summed E-state index contributed by atoms with van der Waals surface area (Å²) in [5, 5.41) is 15.0.